The van der Waals surface area contributed by atoms with E-state index in [1.54, 1.807) is 0 Å². The summed E-state index contributed by atoms with van der Waals surface area (Å²) in [6, 6.07) is 0. The summed E-state index contributed by atoms with van der Waals surface area (Å²) >= 11 is 0. The molecule has 0 aliphatic heterocycles. The predicted octanol–water partition coefficient (Wildman–Crippen LogP) is 2.32. The van der Waals surface area contributed by atoms with E-state index in [4.69, 9.17) is 8.05 Å². The molecule has 0 heterocycles. The molecule has 0 aromatic rings. The van der Waals surface area contributed by atoms with Crippen molar-refractivity contribution >= 4 is 14.0 Å². The molecule has 0 N–H and O–H groups in total. The average molecular weight is 182 g/mol. The molecular weight excluding hydrogens is 163 g/mol. The predicted molar refractivity (Wildman–Crippen MR) is 54.2 cm³/mol. The molecule has 0 aromatic carbocycles. The normalized spacial score (nSPS) is 15.2. The van der Waals surface area contributed by atoms with Gasteiger partial charge in [0.1, 0.15) is 0 Å². The molecule has 3 heteroatoms. The lowest BCUT2D eigenvalue weighted by molar-refractivity contribution is -0.148. The number of hydrogen-bond donors (Lipinski definition) is 0. The molecule has 2 nitrogen and oxygen atoms in total. The summed E-state index contributed by atoms with van der Waals surface area (Å²) in [7, 11) is 4.89. The van der Waals surface area contributed by atoms with Crippen LogP contribution in [0.1, 0.15) is 41.5 Å². The van der Waals surface area contributed by atoms with Crippen molar-refractivity contribution in [2.24, 2.45) is 16.7 Å². The summed E-state index contributed by atoms with van der Waals surface area (Å²) in [5.41, 5.74) is -0.468. The highest BCUT2D eigenvalue weighted by atomic mass is 16.5. The Morgan fingerprint density at radius 2 is 1.62 bits per heavy atom. The van der Waals surface area contributed by atoms with E-state index in [0.29, 0.717) is 0 Å². The third-order valence-corrected chi connectivity index (χ3v) is 3.01. The van der Waals surface area contributed by atoms with Crippen molar-refractivity contribution in [3.8, 4) is 0 Å². The van der Waals surface area contributed by atoms with Gasteiger partial charge < -0.3 is 4.65 Å². The van der Waals surface area contributed by atoms with Gasteiger partial charge in [0.25, 0.3) is 5.97 Å². The molecule has 0 saturated heterocycles. The fourth-order valence-electron chi connectivity index (χ4n) is 1.41. The van der Waals surface area contributed by atoms with Crippen LogP contribution in [0.3, 0.4) is 0 Å². The summed E-state index contributed by atoms with van der Waals surface area (Å²) in [6.07, 6.45) is 0. The zero-order valence-corrected chi connectivity index (χ0v) is 9.47. The smallest absolute Gasteiger partial charge is 0.378 e. The Kier molecular flexibility index (Phi) is 3.59. The summed E-state index contributed by atoms with van der Waals surface area (Å²) < 4.78 is 4.29. The van der Waals surface area contributed by atoms with Crippen LogP contribution in [0.15, 0.2) is 0 Å². The van der Waals surface area contributed by atoms with Crippen molar-refractivity contribution in [2.75, 3.05) is 0 Å². The van der Waals surface area contributed by atoms with Gasteiger partial charge in [0.05, 0.1) is 5.41 Å². The lowest BCUT2D eigenvalue weighted by Crippen LogP contribution is -2.39. The maximum atomic E-state index is 11.4. The van der Waals surface area contributed by atoms with Gasteiger partial charge in [0, 0.05) is 0 Å². The number of carbonyl (C=O) groups is 1. The monoisotopic (exact) mass is 182 g/mol. The molecule has 0 bridgehead atoms. The maximum absolute atomic E-state index is 11.4. The molecule has 0 aliphatic rings. The first-order valence-corrected chi connectivity index (χ1v) is 4.55. The van der Waals surface area contributed by atoms with Gasteiger partial charge in [-0.3, -0.25) is 4.79 Å². The standard InChI is InChI=1S/C10H19BO2/c1-7(9(2,3)4)10(5,6)8(12)13-11/h7H,1-6H3. The second-order valence-corrected chi connectivity index (χ2v) is 5.21. The van der Waals surface area contributed by atoms with E-state index >= 15 is 0 Å². The zero-order chi connectivity index (χ0) is 10.9. The fraction of sp³-hybridized carbons (Fsp3) is 0.900. The summed E-state index contributed by atoms with van der Waals surface area (Å²) in [6.45, 7) is 12.1. The highest BCUT2D eigenvalue weighted by Gasteiger charge is 2.40. The minimum Gasteiger partial charge on any atom is -0.543 e. The summed E-state index contributed by atoms with van der Waals surface area (Å²) in [5, 5.41) is 0. The number of rotatable bonds is 2. The largest absolute Gasteiger partial charge is 0.543 e. The second kappa shape index (κ2) is 3.73. The maximum Gasteiger partial charge on any atom is 0.378 e. The van der Waals surface area contributed by atoms with E-state index in [1.165, 1.54) is 0 Å². The van der Waals surface area contributed by atoms with Crippen LogP contribution in [0, 0.1) is 16.7 Å². The van der Waals surface area contributed by atoms with E-state index in [9.17, 15) is 4.79 Å². The van der Waals surface area contributed by atoms with Crippen LogP contribution in [-0.4, -0.2) is 14.0 Å². The van der Waals surface area contributed by atoms with Crippen LogP contribution >= 0.6 is 0 Å². The first kappa shape index (κ1) is 12.5. The highest BCUT2D eigenvalue weighted by Crippen LogP contribution is 2.40. The third-order valence-electron chi connectivity index (χ3n) is 3.01. The van der Waals surface area contributed by atoms with Crippen molar-refractivity contribution in [1.29, 1.82) is 0 Å². The molecule has 0 amide bonds. The van der Waals surface area contributed by atoms with E-state index in [1.807, 2.05) is 20.8 Å². The fourth-order valence-corrected chi connectivity index (χ4v) is 1.41. The van der Waals surface area contributed by atoms with E-state index in [2.05, 4.69) is 25.4 Å². The molecule has 0 rings (SSSR count). The SMILES string of the molecule is [B]OC(=O)C(C)(C)C(C)C(C)(C)C. The number of hydrogen-bond acceptors (Lipinski definition) is 2. The lowest BCUT2D eigenvalue weighted by atomic mass is 9.67. The molecule has 0 aromatic heterocycles. The van der Waals surface area contributed by atoms with E-state index in [-0.39, 0.29) is 17.3 Å². The van der Waals surface area contributed by atoms with Gasteiger partial charge in [-0.2, -0.15) is 0 Å². The van der Waals surface area contributed by atoms with Gasteiger partial charge in [-0.15, -0.1) is 0 Å². The van der Waals surface area contributed by atoms with Crippen molar-refractivity contribution in [3.63, 3.8) is 0 Å². The van der Waals surface area contributed by atoms with Gasteiger partial charge in [-0.25, -0.2) is 0 Å². The van der Waals surface area contributed by atoms with Crippen LogP contribution in [-0.2, 0) is 9.45 Å². The molecule has 1 atom stereocenters. The topological polar surface area (TPSA) is 26.3 Å². The molecule has 2 radical (unpaired) electrons. The van der Waals surface area contributed by atoms with Crippen LogP contribution in [0.2, 0.25) is 0 Å². The molecule has 0 fully saturated rings. The van der Waals surface area contributed by atoms with Gasteiger partial charge in [-0.05, 0) is 25.2 Å². The molecule has 1 unspecified atom stereocenters. The molecule has 13 heavy (non-hydrogen) atoms. The Balaban J connectivity index is 4.74. The Morgan fingerprint density at radius 1 is 1.23 bits per heavy atom. The van der Waals surface area contributed by atoms with Crippen molar-refractivity contribution in [1.82, 2.24) is 0 Å². The Hall–Kier alpha value is -0.465. The molecular formula is C10H19BO2. The molecule has 0 aliphatic carbocycles. The highest BCUT2D eigenvalue weighted by molar-refractivity contribution is 6.06. The Morgan fingerprint density at radius 3 is 1.85 bits per heavy atom. The third kappa shape index (κ3) is 2.75. The molecule has 74 valence electrons. The lowest BCUT2D eigenvalue weighted by Gasteiger charge is -2.38. The minimum absolute atomic E-state index is 0.0672. The van der Waals surface area contributed by atoms with Gasteiger partial charge >= 0.3 is 8.05 Å². The van der Waals surface area contributed by atoms with E-state index < -0.39 is 5.41 Å². The Bertz CT molecular complexity index is 192. The summed E-state index contributed by atoms with van der Waals surface area (Å²) in [4.78, 5) is 11.4. The van der Waals surface area contributed by atoms with E-state index in [0.717, 1.165) is 0 Å². The van der Waals surface area contributed by atoms with Crippen LogP contribution in [0.5, 0.6) is 0 Å². The zero-order valence-electron chi connectivity index (χ0n) is 9.47. The Labute approximate surface area is 82.5 Å². The van der Waals surface area contributed by atoms with Crippen molar-refractivity contribution in [2.45, 2.75) is 41.5 Å². The van der Waals surface area contributed by atoms with Gasteiger partial charge in [0.15, 0.2) is 0 Å². The minimum atomic E-state index is -0.535. The van der Waals surface area contributed by atoms with Crippen molar-refractivity contribution < 1.29 is 9.45 Å². The summed E-state index contributed by atoms with van der Waals surface area (Å²) in [5.74, 6) is -0.147. The average Bonchev–Trinajstić information content (AvgIpc) is 1.99. The van der Waals surface area contributed by atoms with Gasteiger partial charge in [0.2, 0.25) is 0 Å². The van der Waals surface area contributed by atoms with Gasteiger partial charge in [-0.1, -0.05) is 27.7 Å². The second-order valence-electron chi connectivity index (χ2n) is 5.21. The number of carbonyl (C=O) groups excluding carboxylic acids is 1. The van der Waals surface area contributed by atoms with Crippen LogP contribution in [0.25, 0.3) is 0 Å². The quantitative estimate of drug-likeness (QED) is 0.612. The van der Waals surface area contributed by atoms with Crippen molar-refractivity contribution in [3.05, 3.63) is 0 Å². The molecule has 0 saturated carbocycles. The van der Waals surface area contributed by atoms with Crippen LogP contribution in [0.4, 0.5) is 0 Å². The molecule has 0 spiro atoms. The first-order valence-electron chi connectivity index (χ1n) is 4.55. The van der Waals surface area contributed by atoms with Crippen LogP contribution < -0.4 is 0 Å². The first-order chi connectivity index (χ1) is 5.64.